The second-order valence-electron chi connectivity index (χ2n) is 5.78. The monoisotopic (exact) mass is 385 g/mol. The average molecular weight is 385 g/mol. The van der Waals surface area contributed by atoms with Crippen molar-refractivity contribution in [3.05, 3.63) is 47.7 Å². The summed E-state index contributed by atoms with van der Waals surface area (Å²) < 4.78 is 23.2. The van der Waals surface area contributed by atoms with Gasteiger partial charge in [-0.15, -0.1) is 0 Å². The molecule has 28 heavy (non-hydrogen) atoms. The fourth-order valence-electron chi connectivity index (χ4n) is 3.04. The maximum atomic E-state index is 13.2. The molecule has 0 aliphatic heterocycles. The summed E-state index contributed by atoms with van der Waals surface area (Å²) in [6.45, 7) is 4.00. The summed E-state index contributed by atoms with van der Waals surface area (Å²) in [4.78, 5) is 13.2. The molecule has 3 rings (SSSR count). The number of benzene rings is 2. The minimum absolute atomic E-state index is 0.125. The number of carbonyl (C=O) groups is 1. The first-order chi connectivity index (χ1) is 13.5. The van der Waals surface area contributed by atoms with Crippen molar-refractivity contribution >= 4 is 16.7 Å². The molecule has 1 aromatic heterocycles. The van der Waals surface area contributed by atoms with Crippen molar-refractivity contribution in [1.29, 1.82) is 0 Å². The van der Waals surface area contributed by atoms with Crippen LogP contribution in [0.3, 0.4) is 0 Å². The number of carbonyl (C=O) groups excluding carboxylic acids is 1. The molecule has 150 valence electrons. The van der Waals surface area contributed by atoms with Gasteiger partial charge >= 0.3 is 0 Å². The van der Waals surface area contributed by atoms with Crippen LogP contribution in [0.15, 0.2) is 36.5 Å². The van der Waals surface area contributed by atoms with Crippen molar-refractivity contribution in [3.8, 4) is 23.0 Å². The lowest BCUT2D eigenvalue weighted by Gasteiger charge is -2.13. The van der Waals surface area contributed by atoms with Crippen LogP contribution in [-0.2, 0) is 7.05 Å². The summed E-state index contributed by atoms with van der Waals surface area (Å²) in [5, 5.41) is 0.854. The molecule has 0 N–H and O–H groups in total. The van der Waals surface area contributed by atoms with E-state index in [4.69, 9.17) is 18.9 Å². The molecule has 0 atom stereocenters. The first-order valence-electron chi connectivity index (χ1n) is 9.01. The predicted octanol–water partition coefficient (Wildman–Crippen LogP) is 4.47. The van der Waals surface area contributed by atoms with Crippen LogP contribution in [0.4, 0.5) is 0 Å². The fourth-order valence-corrected chi connectivity index (χ4v) is 3.04. The van der Waals surface area contributed by atoms with E-state index >= 15 is 0 Å². The molecule has 0 spiro atoms. The summed E-state index contributed by atoms with van der Waals surface area (Å²) in [6, 6.07) is 8.95. The maximum Gasteiger partial charge on any atom is 0.203 e. The molecular formula is C22H27NO5. The molecule has 1 heterocycles. The van der Waals surface area contributed by atoms with Gasteiger partial charge in [0.15, 0.2) is 17.3 Å². The van der Waals surface area contributed by atoms with Gasteiger partial charge in [0, 0.05) is 35.8 Å². The zero-order chi connectivity index (χ0) is 20.8. The molecule has 0 aliphatic carbocycles. The molecule has 3 aromatic rings. The molecular weight excluding hydrogens is 358 g/mol. The normalized spacial score (nSPS) is 10.1. The van der Waals surface area contributed by atoms with Crippen molar-refractivity contribution in [2.24, 2.45) is 7.05 Å². The SMILES string of the molecule is CC.COc1ccc2c(C(=O)c3cc(OC)c(OC)c(OC)c3)cn(C)c2c1. The molecule has 6 heteroatoms. The average Bonchev–Trinajstić information content (AvgIpc) is 3.09. The van der Waals surface area contributed by atoms with Gasteiger partial charge in [0.05, 0.1) is 34.0 Å². The number of ketones is 1. The molecule has 0 amide bonds. The second-order valence-corrected chi connectivity index (χ2v) is 5.78. The number of hydrogen-bond acceptors (Lipinski definition) is 5. The van der Waals surface area contributed by atoms with E-state index in [2.05, 4.69) is 0 Å². The minimum atomic E-state index is -0.125. The second kappa shape index (κ2) is 9.17. The Bertz CT molecular complexity index is 949. The molecule has 0 unspecified atom stereocenters. The largest absolute Gasteiger partial charge is 0.497 e. The Labute approximate surface area is 165 Å². The van der Waals surface area contributed by atoms with Crippen LogP contribution in [0.25, 0.3) is 10.9 Å². The Morgan fingerprint density at radius 2 is 1.46 bits per heavy atom. The van der Waals surface area contributed by atoms with Gasteiger partial charge in [-0.25, -0.2) is 0 Å². The molecule has 0 saturated heterocycles. The van der Waals surface area contributed by atoms with Gasteiger partial charge in [0.2, 0.25) is 5.75 Å². The highest BCUT2D eigenvalue weighted by molar-refractivity contribution is 6.17. The van der Waals surface area contributed by atoms with Gasteiger partial charge in [-0.2, -0.15) is 0 Å². The van der Waals surface area contributed by atoms with Crippen LogP contribution in [0.5, 0.6) is 23.0 Å². The van der Waals surface area contributed by atoms with Gasteiger partial charge in [0.25, 0.3) is 0 Å². The third-order valence-electron chi connectivity index (χ3n) is 4.37. The van der Waals surface area contributed by atoms with E-state index < -0.39 is 0 Å². The van der Waals surface area contributed by atoms with Gasteiger partial charge in [0.1, 0.15) is 5.75 Å². The lowest BCUT2D eigenvalue weighted by molar-refractivity contribution is 0.103. The zero-order valence-electron chi connectivity index (χ0n) is 17.5. The molecule has 2 aromatic carbocycles. The lowest BCUT2D eigenvalue weighted by atomic mass is 10.0. The van der Waals surface area contributed by atoms with E-state index in [0.29, 0.717) is 28.4 Å². The van der Waals surface area contributed by atoms with Crippen molar-refractivity contribution in [2.75, 3.05) is 28.4 Å². The Kier molecular flexibility index (Phi) is 6.93. The molecule has 6 nitrogen and oxygen atoms in total. The van der Waals surface area contributed by atoms with Crippen molar-refractivity contribution in [1.82, 2.24) is 4.57 Å². The Morgan fingerprint density at radius 1 is 0.857 bits per heavy atom. The van der Waals surface area contributed by atoms with Gasteiger partial charge in [-0.3, -0.25) is 4.79 Å². The summed E-state index contributed by atoms with van der Waals surface area (Å²) in [7, 11) is 8.09. The molecule has 0 fully saturated rings. The summed E-state index contributed by atoms with van der Waals surface area (Å²) >= 11 is 0. The van der Waals surface area contributed by atoms with Crippen LogP contribution in [-0.4, -0.2) is 38.8 Å². The smallest absolute Gasteiger partial charge is 0.203 e. The number of aromatic nitrogens is 1. The summed E-state index contributed by atoms with van der Waals surface area (Å²) in [5.74, 6) is 1.95. The number of hydrogen-bond donors (Lipinski definition) is 0. The molecule has 0 radical (unpaired) electrons. The molecule has 0 aliphatic rings. The number of nitrogens with zero attached hydrogens (tertiary/aromatic N) is 1. The van der Waals surface area contributed by atoms with Crippen LogP contribution >= 0.6 is 0 Å². The minimum Gasteiger partial charge on any atom is -0.497 e. The highest BCUT2D eigenvalue weighted by Crippen LogP contribution is 2.39. The lowest BCUT2D eigenvalue weighted by Crippen LogP contribution is -2.04. The third-order valence-corrected chi connectivity index (χ3v) is 4.37. The predicted molar refractivity (Wildman–Crippen MR) is 110 cm³/mol. The molecule has 0 bridgehead atoms. The third kappa shape index (κ3) is 3.76. The number of ether oxygens (including phenoxy) is 4. The number of aryl methyl sites for hydroxylation is 1. The standard InChI is InChI=1S/C20H21NO5.C2H6/c1-21-11-15(14-7-6-13(23-2)10-16(14)21)19(22)12-8-17(24-3)20(26-5)18(9-12)25-4;1-2/h6-11H,1-5H3;1-2H3. The van der Waals surface area contributed by atoms with E-state index in [1.54, 1.807) is 19.2 Å². The van der Waals surface area contributed by atoms with E-state index in [-0.39, 0.29) is 5.78 Å². The van der Waals surface area contributed by atoms with Crippen molar-refractivity contribution < 1.29 is 23.7 Å². The van der Waals surface area contributed by atoms with Gasteiger partial charge in [-0.05, 0) is 24.3 Å². The molecule has 0 saturated carbocycles. The first-order valence-corrected chi connectivity index (χ1v) is 9.01. The van der Waals surface area contributed by atoms with Crippen LogP contribution < -0.4 is 18.9 Å². The van der Waals surface area contributed by atoms with Crippen LogP contribution in [0.1, 0.15) is 29.8 Å². The van der Waals surface area contributed by atoms with Gasteiger partial charge in [-0.1, -0.05) is 13.8 Å². The number of fused-ring (bicyclic) bond motifs is 1. The highest BCUT2D eigenvalue weighted by Gasteiger charge is 2.21. The Balaban J connectivity index is 0.00000136. The Hall–Kier alpha value is -3.15. The van der Waals surface area contributed by atoms with E-state index in [1.807, 2.05) is 49.9 Å². The van der Waals surface area contributed by atoms with Crippen molar-refractivity contribution in [3.63, 3.8) is 0 Å². The number of methoxy groups -OCH3 is 4. The van der Waals surface area contributed by atoms with Crippen molar-refractivity contribution in [2.45, 2.75) is 13.8 Å². The Morgan fingerprint density at radius 3 is 1.96 bits per heavy atom. The quantitative estimate of drug-likeness (QED) is 0.586. The fraction of sp³-hybridized carbons (Fsp3) is 0.318. The first kappa shape index (κ1) is 21.2. The van der Waals surface area contributed by atoms with E-state index in [1.165, 1.54) is 21.3 Å². The van der Waals surface area contributed by atoms with Crippen LogP contribution in [0, 0.1) is 0 Å². The maximum absolute atomic E-state index is 13.2. The summed E-state index contributed by atoms with van der Waals surface area (Å²) in [5.41, 5.74) is 1.97. The van der Waals surface area contributed by atoms with E-state index in [9.17, 15) is 4.79 Å². The zero-order valence-corrected chi connectivity index (χ0v) is 17.5. The number of rotatable bonds is 6. The van der Waals surface area contributed by atoms with Crippen LogP contribution in [0.2, 0.25) is 0 Å². The topological polar surface area (TPSA) is 58.9 Å². The van der Waals surface area contributed by atoms with Gasteiger partial charge < -0.3 is 23.5 Å². The van der Waals surface area contributed by atoms with E-state index in [0.717, 1.165) is 16.7 Å². The highest BCUT2D eigenvalue weighted by atomic mass is 16.5. The summed E-state index contributed by atoms with van der Waals surface area (Å²) in [6.07, 6.45) is 1.82.